The van der Waals surface area contributed by atoms with Crippen molar-refractivity contribution in [1.82, 2.24) is 4.90 Å². The van der Waals surface area contributed by atoms with Gasteiger partial charge in [0.25, 0.3) is 11.6 Å². The Balaban J connectivity index is 1.24. The smallest absolute Gasteiger partial charge is 0.292 e. The second-order valence-electron chi connectivity index (χ2n) is 8.10. The van der Waals surface area contributed by atoms with E-state index in [-0.39, 0.29) is 16.5 Å². The Morgan fingerprint density at radius 3 is 2.44 bits per heavy atom. The average molecular weight is 475 g/mol. The molecule has 2 aliphatic rings. The summed E-state index contributed by atoms with van der Waals surface area (Å²) < 4.78 is 5.93. The standard InChI is InChI=1S/C25H22N4O4S/c1-17-6-8-18(9-7-17)22-11-10-19(33-22)16-23-24(30)26-25(34-23)28-14-12-27(13-15-28)20-4-2-3-5-21(20)29(31)32/h2-11,16H,12-15H2,1H3/b23-16+. The van der Waals surface area contributed by atoms with Crippen molar-refractivity contribution in [3.8, 4) is 11.3 Å². The number of amidine groups is 1. The number of carbonyl (C=O) groups is 1. The number of aliphatic imine (C=N–C) groups is 1. The molecule has 8 nitrogen and oxygen atoms in total. The highest BCUT2D eigenvalue weighted by atomic mass is 32.2. The lowest BCUT2D eigenvalue weighted by Gasteiger charge is -2.36. The molecule has 1 saturated heterocycles. The SMILES string of the molecule is Cc1ccc(-c2ccc(/C=C3/SC(N4CCN(c5ccccc5[N+](=O)[O-])CC4)=NC3=O)o2)cc1. The molecule has 1 aromatic heterocycles. The van der Waals surface area contributed by atoms with E-state index < -0.39 is 0 Å². The van der Waals surface area contributed by atoms with Gasteiger partial charge in [-0.25, -0.2) is 0 Å². The molecule has 172 valence electrons. The lowest BCUT2D eigenvalue weighted by molar-refractivity contribution is -0.384. The first-order valence-electron chi connectivity index (χ1n) is 10.9. The summed E-state index contributed by atoms with van der Waals surface area (Å²) >= 11 is 1.33. The Kier molecular flexibility index (Phi) is 5.93. The Morgan fingerprint density at radius 2 is 1.71 bits per heavy atom. The zero-order chi connectivity index (χ0) is 23.7. The number of hydrogen-bond donors (Lipinski definition) is 0. The van der Waals surface area contributed by atoms with Gasteiger partial charge in [-0.3, -0.25) is 14.9 Å². The molecule has 0 saturated carbocycles. The number of nitro benzene ring substituents is 1. The van der Waals surface area contributed by atoms with Crippen LogP contribution in [-0.2, 0) is 4.79 Å². The minimum Gasteiger partial charge on any atom is -0.457 e. The van der Waals surface area contributed by atoms with E-state index >= 15 is 0 Å². The second-order valence-corrected chi connectivity index (χ2v) is 9.11. The van der Waals surface area contributed by atoms with Crippen LogP contribution in [0.15, 0.2) is 75.0 Å². The van der Waals surface area contributed by atoms with Crippen LogP contribution in [0, 0.1) is 17.0 Å². The van der Waals surface area contributed by atoms with Gasteiger partial charge in [-0.1, -0.05) is 42.0 Å². The van der Waals surface area contributed by atoms with E-state index in [1.54, 1.807) is 24.3 Å². The first-order chi connectivity index (χ1) is 16.5. The van der Waals surface area contributed by atoms with Gasteiger partial charge < -0.3 is 14.2 Å². The van der Waals surface area contributed by atoms with Crippen molar-refractivity contribution in [3.05, 3.63) is 87.0 Å². The van der Waals surface area contributed by atoms with Gasteiger partial charge >= 0.3 is 0 Å². The van der Waals surface area contributed by atoms with Crippen LogP contribution in [-0.4, -0.2) is 47.1 Å². The third kappa shape index (κ3) is 4.47. The summed E-state index contributed by atoms with van der Waals surface area (Å²) in [7, 11) is 0. The Morgan fingerprint density at radius 1 is 1.00 bits per heavy atom. The third-order valence-corrected chi connectivity index (χ3v) is 6.86. The first-order valence-corrected chi connectivity index (χ1v) is 11.7. The number of thioether (sulfide) groups is 1. The fraction of sp³-hybridized carbons (Fsp3) is 0.200. The summed E-state index contributed by atoms with van der Waals surface area (Å²) in [4.78, 5) is 32.3. The van der Waals surface area contributed by atoms with Crippen molar-refractivity contribution >= 4 is 40.3 Å². The summed E-state index contributed by atoms with van der Waals surface area (Å²) in [5.41, 5.74) is 2.88. The maximum atomic E-state index is 12.5. The van der Waals surface area contributed by atoms with Gasteiger partial charge in [-0.15, -0.1) is 0 Å². The van der Waals surface area contributed by atoms with E-state index in [0.717, 1.165) is 11.3 Å². The largest absolute Gasteiger partial charge is 0.457 e. The van der Waals surface area contributed by atoms with Crippen molar-refractivity contribution in [1.29, 1.82) is 0 Å². The first kappa shape index (κ1) is 22.0. The Labute approximate surface area is 200 Å². The monoisotopic (exact) mass is 474 g/mol. The molecule has 0 radical (unpaired) electrons. The summed E-state index contributed by atoms with van der Waals surface area (Å²) in [5.74, 6) is 1.06. The molecule has 0 N–H and O–H groups in total. The number of furan rings is 1. The van der Waals surface area contributed by atoms with Crippen molar-refractivity contribution < 1.29 is 14.1 Å². The average Bonchev–Trinajstić information content (AvgIpc) is 3.47. The van der Waals surface area contributed by atoms with E-state index in [1.165, 1.54) is 23.4 Å². The molecule has 34 heavy (non-hydrogen) atoms. The lowest BCUT2D eigenvalue weighted by Crippen LogP contribution is -2.48. The van der Waals surface area contributed by atoms with Crippen LogP contribution in [0.4, 0.5) is 11.4 Å². The zero-order valence-corrected chi connectivity index (χ0v) is 19.3. The second kappa shape index (κ2) is 9.18. The minimum absolute atomic E-state index is 0.104. The van der Waals surface area contributed by atoms with Gasteiger partial charge in [0.15, 0.2) is 5.17 Å². The predicted molar refractivity (Wildman–Crippen MR) is 134 cm³/mol. The molecule has 5 rings (SSSR count). The molecule has 0 atom stereocenters. The quantitative estimate of drug-likeness (QED) is 0.300. The number of piperazine rings is 1. The fourth-order valence-corrected chi connectivity index (χ4v) is 4.94. The van der Waals surface area contributed by atoms with Crippen LogP contribution >= 0.6 is 11.8 Å². The molecule has 2 aliphatic heterocycles. The van der Waals surface area contributed by atoms with Crippen LogP contribution < -0.4 is 4.90 Å². The molecule has 0 spiro atoms. The summed E-state index contributed by atoms with van der Waals surface area (Å²) in [6.45, 7) is 4.49. The number of nitro groups is 1. The van der Waals surface area contributed by atoms with Gasteiger partial charge in [-0.05, 0) is 36.9 Å². The third-order valence-electron chi connectivity index (χ3n) is 5.81. The fourth-order valence-electron chi connectivity index (χ4n) is 3.99. The lowest BCUT2D eigenvalue weighted by atomic mass is 10.1. The van der Waals surface area contributed by atoms with Gasteiger partial charge in [0, 0.05) is 43.9 Å². The number of benzene rings is 2. The van der Waals surface area contributed by atoms with Gasteiger partial charge in [-0.2, -0.15) is 4.99 Å². The van der Waals surface area contributed by atoms with Crippen LogP contribution in [0.25, 0.3) is 17.4 Å². The molecule has 2 aromatic carbocycles. The van der Waals surface area contributed by atoms with Crippen LogP contribution in [0.1, 0.15) is 11.3 Å². The molecule has 0 bridgehead atoms. The van der Waals surface area contributed by atoms with Gasteiger partial charge in [0.05, 0.1) is 9.83 Å². The highest BCUT2D eigenvalue weighted by molar-refractivity contribution is 8.18. The summed E-state index contributed by atoms with van der Waals surface area (Å²) in [5, 5.41) is 12.0. The van der Waals surface area contributed by atoms with E-state index in [0.29, 0.717) is 47.7 Å². The zero-order valence-electron chi connectivity index (χ0n) is 18.5. The maximum absolute atomic E-state index is 12.5. The molecule has 3 aromatic rings. The molecule has 0 unspecified atom stereocenters. The maximum Gasteiger partial charge on any atom is 0.292 e. The van der Waals surface area contributed by atoms with Crippen molar-refractivity contribution in [3.63, 3.8) is 0 Å². The number of carbonyl (C=O) groups excluding carboxylic acids is 1. The molecule has 3 heterocycles. The molecule has 0 aliphatic carbocycles. The summed E-state index contributed by atoms with van der Waals surface area (Å²) in [6.07, 6.45) is 1.73. The number of anilines is 1. The predicted octanol–water partition coefficient (Wildman–Crippen LogP) is 4.96. The number of aryl methyl sites for hydroxylation is 1. The number of amides is 1. The van der Waals surface area contributed by atoms with Gasteiger partial charge in [0.2, 0.25) is 0 Å². The van der Waals surface area contributed by atoms with Gasteiger partial charge in [0.1, 0.15) is 17.2 Å². The molecule has 9 heteroatoms. The number of hydrogen-bond acceptors (Lipinski definition) is 7. The number of nitrogens with zero attached hydrogens (tertiary/aromatic N) is 4. The number of para-hydroxylation sites is 2. The van der Waals surface area contributed by atoms with Crippen molar-refractivity contribution in [2.45, 2.75) is 6.92 Å². The molecule has 1 amide bonds. The topological polar surface area (TPSA) is 92.2 Å². The van der Waals surface area contributed by atoms with Crippen molar-refractivity contribution in [2.75, 3.05) is 31.1 Å². The van der Waals surface area contributed by atoms with Crippen LogP contribution in [0.2, 0.25) is 0 Å². The highest BCUT2D eigenvalue weighted by Crippen LogP contribution is 2.33. The van der Waals surface area contributed by atoms with E-state index in [2.05, 4.69) is 9.89 Å². The Bertz CT molecular complexity index is 1300. The number of rotatable bonds is 4. The minimum atomic E-state index is -0.354. The highest BCUT2D eigenvalue weighted by Gasteiger charge is 2.30. The molecular weight excluding hydrogens is 452 g/mol. The molecular formula is C25H22N4O4S. The summed E-state index contributed by atoms with van der Waals surface area (Å²) in [6, 6.07) is 18.6. The van der Waals surface area contributed by atoms with Crippen LogP contribution in [0.3, 0.4) is 0 Å². The van der Waals surface area contributed by atoms with E-state index in [4.69, 9.17) is 4.42 Å². The van der Waals surface area contributed by atoms with E-state index in [1.807, 2.05) is 48.2 Å². The van der Waals surface area contributed by atoms with Crippen LogP contribution in [0.5, 0.6) is 0 Å². The molecule has 1 fully saturated rings. The Hall–Kier alpha value is -3.85. The van der Waals surface area contributed by atoms with Crippen molar-refractivity contribution in [2.24, 2.45) is 4.99 Å². The van der Waals surface area contributed by atoms with E-state index in [9.17, 15) is 14.9 Å². The normalized spacial score (nSPS) is 17.4.